The van der Waals surface area contributed by atoms with Crippen molar-refractivity contribution in [2.75, 3.05) is 79.6 Å². The Morgan fingerprint density at radius 1 is 0.778 bits per heavy atom. The highest BCUT2D eigenvalue weighted by Gasteiger charge is 2.38. The van der Waals surface area contributed by atoms with E-state index in [2.05, 4.69) is 20.4 Å². The molecule has 0 spiro atoms. The molecule has 0 aliphatic carbocycles. The van der Waals surface area contributed by atoms with Crippen LogP contribution in [0.1, 0.15) is 16.8 Å². The molecule has 1 aromatic heterocycles. The van der Waals surface area contributed by atoms with Gasteiger partial charge >= 0.3 is 6.03 Å². The SMILES string of the molecule is NC(=O)[C@@H]1CC(O)CN1C(=O)c1ccc(NC(=O)Nc2ccc(-c3nc(N4CCOCC4)nc(N4CCOCC4)n3)cc2)cc1. The number of ether oxygens (including phenoxy) is 2. The lowest BCUT2D eigenvalue weighted by molar-refractivity contribution is -0.121. The third-order valence-corrected chi connectivity index (χ3v) is 7.86. The second-order valence-electron chi connectivity index (χ2n) is 11.0. The summed E-state index contributed by atoms with van der Waals surface area (Å²) in [6.45, 7) is 5.26. The molecule has 0 saturated carbocycles. The number of nitrogens with two attached hydrogens (primary N) is 1. The number of β-amino-alcohol motifs (C(OH)–C–C–N with tert-alkyl or cyclic N) is 1. The topological polar surface area (TPSA) is 188 Å². The number of benzene rings is 2. The molecule has 3 aromatic rings. The molecule has 1 unspecified atom stereocenters. The fraction of sp³-hybridized carbons (Fsp3) is 0.400. The van der Waals surface area contributed by atoms with Crippen molar-refractivity contribution in [3.63, 3.8) is 0 Å². The Hall–Kier alpha value is -4.86. The first-order chi connectivity index (χ1) is 21.8. The fourth-order valence-corrected chi connectivity index (χ4v) is 5.46. The number of nitrogens with one attached hydrogen (secondary N) is 2. The predicted octanol–water partition coefficient (Wildman–Crippen LogP) is 0.917. The van der Waals surface area contributed by atoms with E-state index in [4.69, 9.17) is 30.2 Å². The average Bonchev–Trinajstić information content (AvgIpc) is 3.47. The monoisotopic (exact) mass is 617 g/mol. The number of nitrogens with zero attached hydrogens (tertiary/aromatic N) is 6. The lowest BCUT2D eigenvalue weighted by Gasteiger charge is -2.30. The van der Waals surface area contributed by atoms with Gasteiger partial charge in [-0.15, -0.1) is 0 Å². The first-order valence-corrected chi connectivity index (χ1v) is 14.8. The van der Waals surface area contributed by atoms with Gasteiger partial charge in [-0.25, -0.2) is 4.79 Å². The number of likely N-dealkylation sites (tertiary alicyclic amines) is 1. The van der Waals surface area contributed by atoms with Crippen LogP contribution in [0.5, 0.6) is 0 Å². The van der Waals surface area contributed by atoms with Crippen LogP contribution in [-0.2, 0) is 14.3 Å². The molecule has 15 nitrogen and oxygen atoms in total. The molecule has 15 heteroatoms. The van der Waals surface area contributed by atoms with Crippen LogP contribution in [0.25, 0.3) is 11.4 Å². The summed E-state index contributed by atoms with van der Waals surface area (Å²) in [6, 6.07) is 12.1. The molecular formula is C30H35N9O6. The summed E-state index contributed by atoms with van der Waals surface area (Å²) < 4.78 is 11.0. The highest BCUT2D eigenvalue weighted by molar-refractivity contribution is 6.01. The summed E-state index contributed by atoms with van der Waals surface area (Å²) in [5.74, 6) is 0.657. The number of hydrogen-bond acceptors (Lipinski definition) is 11. The van der Waals surface area contributed by atoms with Crippen molar-refractivity contribution in [3.8, 4) is 11.4 Å². The van der Waals surface area contributed by atoms with Gasteiger partial charge in [-0.1, -0.05) is 0 Å². The summed E-state index contributed by atoms with van der Waals surface area (Å²) >= 11 is 0. The summed E-state index contributed by atoms with van der Waals surface area (Å²) in [5.41, 5.74) is 7.50. The molecular weight excluding hydrogens is 582 g/mol. The molecule has 4 heterocycles. The Morgan fingerprint density at radius 2 is 1.29 bits per heavy atom. The third-order valence-electron chi connectivity index (χ3n) is 7.86. The van der Waals surface area contributed by atoms with E-state index in [0.29, 0.717) is 87.3 Å². The molecule has 3 aliphatic rings. The number of urea groups is 1. The number of aromatic nitrogens is 3. The number of carbonyl (C=O) groups excluding carboxylic acids is 3. The molecule has 236 valence electrons. The minimum Gasteiger partial charge on any atom is -0.391 e. The quantitative estimate of drug-likeness (QED) is 0.295. The molecule has 5 N–H and O–H groups in total. The molecule has 2 atom stereocenters. The number of anilines is 4. The molecule has 0 radical (unpaired) electrons. The van der Waals surface area contributed by atoms with Gasteiger partial charge in [0, 0.05) is 61.6 Å². The van der Waals surface area contributed by atoms with E-state index in [9.17, 15) is 19.5 Å². The number of amides is 4. The van der Waals surface area contributed by atoms with Crippen molar-refractivity contribution in [1.82, 2.24) is 19.9 Å². The molecule has 3 fully saturated rings. The van der Waals surface area contributed by atoms with Crippen LogP contribution in [0.15, 0.2) is 48.5 Å². The number of carbonyl (C=O) groups is 3. The number of rotatable bonds is 7. The Morgan fingerprint density at radius 3 is 1.80 bits per heavy atom. The van der Waals surface area contributed by atoms with E-state index < -0.39 is 30.0 Å². The lowest BCUT2D eigenvalue weighted by Crippen LogP contribution is -2.43. The number of aliphatic hydroxyl groups excluding tert-OH is 1. The van der Waals surface area contributed by atoms with Crippen LogP contribution in [0.3, 0.4) is 0 Å². The summed E-state index contributed by atoms with van der Waals surface area (Å²) in [7, 11) is 0. The predicted molar refractivity (Wildman–Crippen MR) is 165 cm³/mol. The zero-order chi connectivity index (χ0) is 31.3. The van der Waals surface area contributed by atoms with Gasteiger partial charge in [0.2, 0.25) is 17.8 Å². The first-order valence-electron chi connectivity index (χ1n) is 14.8. The van der Waals surface area contributed by atoms with Gasteiger partial charge in [0.25, 0.3) is 5.91 Å². The summed E-state index contributed by atoms with van der Waals surface area (Å²) in [4.78, 5) is 57.0. The van der Waals surface area contributed by atoms with E-state index in [-0.39, 0.29) is 13.0 Å². The zero-order valence-electron chi connectivity index (χ0n) is 24.6. The maximum atomic E-state index is 12.9. The van der Waals surface area contributed by atoms with Gasteiger partial charge in [-0.05, 0) is 48.5 Å². The van der Waals surface area contributed by atoms with Crippen molar-refractivity contribution in [2.24, 2.45) is 5.73 Å². The van der Waals surface area contributed by atoms with Gasteiger partial charge in [0.05, 0.1) is 32.5 Å². The third kappa shape index (κ3) is 7.11. The summed E-state index contributed by atoms with van der Waals surface area (Å²) in [5, 5.41) is 15.4. The van der Waals surface area contributed by atoms with Gasteiger partial charge < -0.3 is 45.6 Å². The number of primary amides is 1. The van der Waals surface area contributed by atoms with Gasteiger partial charge in [0.1, 0.15) is 6.04 Å². The fourth-order valence-electron chi connectivity index (χ4n) is 5.46. The van der Waals surface area contributed by atoms with Crippen molar-refractivity contribution < 1.29 is 29.0 Å². The molecule has 4 amide bonds. The maximum absolute atomic E-state index is 12.9. The van der Waals surface area contributed by atoms with Gasteiger partial charge in [-0.3, -0.25) is 9.59 Å². The second-order valence-corrected chi connectivity index (χ2v) is 11.0. The van der Waals surface area contributed by atoms with Crippen LogP contribution < -0.4 is 26.2 Å². The van der Waals surface area contributed by atoms with Gasteiger partial charge in [-0.2, -0.15) is 15.0 Å². The average molecular weight is 618 g/mol. The molecule has 2 aromatic carbocycles. The second kappa shape index (κ2) is 13.4. The molecule has 3 saturated heterocycles. The largest absolute Gasteiger partial charge is 0.391 e. The standard InChI is InChI=1S/C30H35N9O6/c31-25(41)24-17-23(40)18-39(24)27(42)20-3-7-22(8-4-20)33-30(43)32-21-5-1-19(2-6-21)26-34-28(37-9-13-44-14-10-37)36-29(35-26)38-11-15-45-16-12-38/h1-8,23-24,40H,9-18H2,(H2,31,41)(H2,32,33,43)/t23?,24-/m0/s1. The summed E-state index contributed by atoms with van der Waals surface area (Å²) in [6.07, 6.45) is -0.690. The highest BCUT2D eigenvalue weighted by atomic mass is 16.5. The first kappa shape index (κ1) is 30.2. The molecule has 6 rings (SSSR count). The van der Waals surface area contributed by atoms with Crippen molar-refractivity contribution in [2.45, 2.75) is 18.6 Å². The van der Waals surface area contributed by atoms with Crippen molar-refractivity contribution in [1.29, 1.82) is 0 Å². The number of hydrogen-bond donors (Lipinski definition) is 4. The minimum atomic E-state index is -0.855. The van der Waals surface area contributed by atoms with E-state index in [0.717, 1.165) is 5.56 Å². The zero-order valence-corrected chi connectivity index (χ0v) is 24.6. The van der Waals surface area contributed by atoms with Crippen LogP contribution >= 0.6 is 0 Å². The van der Waals surface area contributed by atoms with Crippen molar-refractivity contribution >= 4 is 41.1 Å². The number of aliphatic hydroxyl groups is 1. The highest BCUT2D eigenvalue weighted by Crippen LogP contribution is 2.25. The smallest absolute Gasteiger partial charge is 0.323 e. The van der Waals surface area contributed by atoms with Crippen LogP contribution in [-0.4, -0.2) is 114 Å². The van der Waals surface area contributed by atoms with Crippen LogP contribution in [0, 0.1) is 0 Å². The van der Waals surface area contributed by atoms with Gasteiger partial charge in [0.15, 0.2) is 5.82 Å². The lowest BCUT2D eigenvalue weighted by atomic mass is 10.1. The minimum absolute atomic E-state index is 0.0327. The Bertz CT molecular complexity index is 1490. The van der Waals surface area contributed by atoms with E-state index in [1.165, 1.54) is 4.90 Å². The Labute approximate surface area is 259 Å². The van der Waals surface area contributed by atoms with E-state index >= 15 is 0 Å². The van der Waals surface area contributed by atoms with E-state index in [1.807, 2.05) is 12.1 Å². The Balaban J connectivity index is 1.10. The normalized spacial score (nSPS) is 20.2. The van der Waals surface area contributed by atoms with Crippen LogP contribution in [0.4, 0.5) is 28.1 Å². The van der Waals surface area contributed by atoms with Crippen LogP contribution in [0.2, 0.25) is 0 Å². The molecule has 45 heavy (non-hydrogen) atoms. The van der Waals surface area contributed by atoms with E-state index in [1.54, 1.807) is 36.4 Å². The maximum Gasteiger partial charge on any atom is 0.323 e. The molecule has 0 bridgehead atoms. The molecule has 3 aliphatic heterocycles. The van der Waals surface area contributed by atoms with Crippen molar-refractivity contribution in [3.05, 3.63) is 54.1 Å². The number of morpholine rings is 2. The Kier molecular flexibility index (Phi) is 9.00.